The Morgan fingerprint density at radius 2 is 1.62 bits per heavy atom. The molecule has 0 saturated heterocycles. The van der Waals surface area contributed by atoms with Crippen molar-refractivity contribution in [2.45, 2.75) is 4.83 Å². The van der Waals surface area contributed by atoms with Crippen LogP contribution in [-0.2, 0) is 0 Å². The fraction of sp³-hybridized carbons (Fsp3) is 0.200. The summed E-state index contributed by atoms with van der Waals surface area (Å²) in [6, 6.07) is 9.56. The molecule has 0 aliphatic carbocycles. The summed E-state index contributed by atoms with van der Waals surface area (Å²) in [5.74, 6) is 1.49. The van der Waals surface area contributed by atoms with Gasteiger partial charge in [0.05, 0.1) is 23.5 Å². The Labute approximate surface area is 154 Å². The summed E-state index contributed by atoms with van der Waals surface area (Å²) in [7, 11) is 3.27. The predicted octanol–water partition coefficient (Wildman–Crippen LogP) is 6.37. The molecule has 1 atom stereocenters. The van der Waals surface area contributed by atoms with Crippen LogP contribution in [0.25, 0.3) is 0 Å². The Bertz CT molecular complexity index is 662. The van der Waals surface area contributed by atoms with Crippen molar-refractivity contribution < 1.29 is 9.47 Å². The van der Waals surface area contributed by atoms with Gasteiger partial charge >= 0.3 is 0 Å². The minimum atomic E-state index is -0.112. The standard InChI is InChI=1S/C15H12Br3ClO2/c1-20-13-7-11(17)14(21-2)6-10(13)15(18)9-5-8(16)3-4-12(9)19/h3-7,15H,1-2H3. The van der Waals surface area contributed by atoms with Crippen molar-refractivity contribution >= 4 is 59.4 Å². The first kappa shape index (κ1) is 17.1. The summed E-state index contributed by atoms with van der Waals surface area (Å²) in [5, 5.41) is 0.684. The van der Waals surface area contributed by atoms with E-state index in [4.69, 9.17) is 21.1 Å². The Balaban J connectivity index is 2.56. The lowest BCUT2D eigenvalue weighted by atomic mass is 10.0. The molecule has 2 rings (SSSR count). The van der Waals surface area contributed by atoms with Crippen molar-refractivity contribution in [2.24, 2.45) is 0 Å². The zero-order valence-electron chi connectivity index (χ0n) is 11.3. The van der Waals surface area contributed by atoms with Gasteiger partial charge in [0.1, 0.15) is 11.5 Å². The maximum Gasteiger partial charge on any atom is 0.133 e. The molecular formula is C15H12Br3ClO2. The molecule has 2 aromatic rings. The third-order valence-corrected chi connectivity index (χ3v) is 5.45. The molecule has 0 radical (unpaired) electrons. The van der Waals surface area contributed by atoms with Crippen LogP contribution >= 0.6 is 59.4 Å². The molecule has 0 aliphatic rings. The molecule has 0 heterocycles. The Morgan fingerprint density at radius 1 is 0.952 bits per heavy atom. The third kappa shape index (κ3) is 3.76. The molecule has 1 unspecified atom stereocenters. The quantitative estimate of drug-likeness (QED) is 0.456. The molecule has 0 fully saturated rings. The van der Waals surface area contributed by atoms with Crippen molar-refractivity contribution in [2.75, 3.05) is 14.2 Å². The number of halogens is 4. The number of alkyl halides is 1. The van der Waals surface area contributed by atoms with E-state index in [1.165, 1.54) is 0 Å². The largest absolute Gasteiger partial charge is 0.496 e. The van der Waals surface area contributed by atoms with Crippen LogP contribution in [0.5, 0.6) is 11.5 Å². The summed E-state index contributed by atoms with van der Waals surface area (Å²) < 4.78 is 12.6. The summed E-state index contributed by atoms with van der Waals surface area (Å²) in [4.78, 5) is -0.112. The van der Waals surface area contributed by atoms with Crippen LogP contribution in [0, 0.1) is 0 Å². The summed E-state index contributed by atoms with van der Waals surface area (Å²) in [6.45, 7) is 0. The SMILES string of the molecule is COc1cc(C(Br)c2cc(Br)ccc2Cl)c(OC)cc1Br. The zero-order valence-corrected chi connectivity index (χ0v) is 16.8. The van der Waals surface area contributed by atoms with Crippen molar-refractivity contribution in [1.82, 2.24) is 0 Å². The van der Waals surface area contributed by atoms with E-state index in [1.807, 2.05) is 30.3 Å². The van der Waals surface area contributed by atoms with Crippen LogP contribution in [0.3, 0.4) is 0 Å². The van der Waals surface area contributed by atoms with Gasteiger partial charge in [0, 0.05) is 15.1 Å². The zero-order chi connectivity index (χ0) is 15.6. The Hall–Kier alpha value is -0.230. The van der Waals surface area contributed by atoms with E-state index in [-0.39, 0.29) is 4.83 Å². The summed E-state index contributed by atoms with van der Waals surface area (Å²) >= 11 is 16.9. The van der Waals surface area contributed by atoms with Gasteiger partial charge in [0.15, 0.2) is 0 Å². The lowest BCUT2D eigenvalue weighted by Gasteiger charge is -2.18. The normalized spacial score (nSPS) is 12.1. The Kier molecular flexibility index (Phi) is 6.00. The van der Waals surface area contributed by atoms with Gasteiger partial charge in [-0.05, 0) is 51.8 Å². The van der Waals surface area contributed by atoms with E-state index >= 15 is 0 Å². The van der Waals surface area contributed by atoms with Crippen LogP contribution in [0.4, 0.5) is 0 Å². The first-order chi connectivity index (χ1) is 9.97. The number of ether oxygens (including phenoxy) is 2. The first-order valence-corrected chi connectivity index (χ1v) is 8.86. The van der Waals surface area contributed by atoms with E-state index in [0.717, 1.165) is 31.6 Å². The van der Waals surface area contributed by atoms with Gasteiger partial charge in [-0.2, -0.15) is 0 Å². The molecule has 0 aliphatic heterocycles. The number of rotatable bonds is 4. The van der Waals surface area contributed by atoms with Crippen molar-refractivity contribution in [3.63, 3.8) is 0 Å². The van der Waals surface area contributed by atoms with Crippen molar-refractivity contribution in [3.05, 3.63) is 55.4 Å². The predicted molar refractivity (Wildman–Crippen MR) is 97.2 cm³/mol. The van der Waals surface area contributed by atoms with E-state index in [0.29, 0.717) is 5.02 Å². The summed E-state index contributed by atoms with van der Waals surface area (Å²) in [5.41, 5.74) is 1.89. The van der Waals surface area contributed by atoms with E-state index in [9.17, 15) is 0 Å². The monoisotopic (exact) mass is 496 g/mol. The van der Waals surface area contributed by atoms with Gasteiger partial charge in [-0.25, -0.2) is 0 Å². The highest BCUT2D eigenvalue weighted by atomic mass is 79.9. The molecule has 0 amide bonds. The average molecular weight is 499 g/mol. The minimum Gasteiger partial charge on any atom is -0.496 e. The number of methoxy groups -OCH3 is 2. The number of hydrogen-bond acceptors (Lipinski definition) is 2. The van der Waals surface area contributed by atoms with Crippen LogP contribution < -0.4 is 9.47 Å². The molecule has 0 spiro atoms. The fourth-order valence-corrected chi connectivity index (χ4v) is 3.92. The van der Waals surface area contributed by atoms with Crippen LogP contribution in [0.15, 0.2) is 39.3 Å². The lowest BCUT2D eigenvalue weighted by Crippen LogP contribution is -1.99. The maximum atomic E-state index is 6.31. The van der Waals surface area contributed by atoms with Crippen LogP contribution in [0.1, 0.15) is 16.0 Å². The maximum absolute atomic E-state index is 6.31. The molecule has 0 saturated carbocycles. The molecule has 2 aromatic carbocycles. The molecule has 6 heteroatoms. The van der Waals surface area contributed by atoms with E-state index in [2.05, 4.69) is 47.8 Å². The van der Waals surface area contributed by atoms with Crippen molar-refractivity contribution in [1.29, 1.82) is 0 Å². The van der Waals surface area contributed by atoms with Gasteiger partial charge < -0.3 is 9.47 Å². The topological polar surface area (TPSA) is 18.5 Å². The second-order valence-electron chi connectivity index (χ2n) is 4.26. The molecule has 112 valence electrons. The first-order valence-electron chi connectivity index (χ1n) is 5.98. The lowest BCUT2D eigenvalue weighted by molar-refractivity contribution is 0.397. The summed E-state index contributed by atoms with van der Waals surface area (Å²) in [6.07, 6.45) is 0. The highest BCUT2D eigenvalue weighted by Crippen LogP contribution is 2.44. The van der Waals surface area contributed by atoms with Crippen LogP contribution in [-0.4, -0.2) is 14.2 Å². The molecule has 0 aromatic heterocycles. The Morgan fingerprint density at radius 3 is 2.24 bits per heavy atom. The van der Waals surface area contributed by atoms with Gasteiger partial charge in [-0.1, -0.05) is 43.5 Å². The molecule has 2 nitrogen and oxygen atoms in total. The fourth-order valence-electron chi connectivity index (χ4n) is 1.96. The van der Waals surface area contributed by atoms with Crippen molar-refractivity contribution in [3.8, 4) is 11.5 Å². The van der Waals surface area contributed by atoms with Gasteiger partial charge in [0.2, 0.25) is 0 Å². The molecule has 21 heavy (non-hydrogen) atoms. The van der Waals surface area contributed by atoms with E-state index < -0.39 is 0 Å². The minimum absolute atomic E-state index is 0.112. The van der Waals surface area contributed by atoms with E-state index in [1.54, 1.807) is 14.2 Å². The third-order valence-electron chi connectivity index (χ3n) is 3.01. The molecule has 0 bridgehead atoms. The second-order valence-corrected chi connectivity index (χ2v) is 7.35. The molecule has 0 N–H and O–H groups in total. The highest BCUT2D eigenvalue weighted by molar-refractivity contribution is 9.11. The average Bonchev–Trinajstić information content (AvgIpc) is 2.48. The number of benzene rings is 2. The second kappa shape index (κ2) is 7.36. The van der Waals surface area contributed by atoms with Crippen LogP contribution in [0.2, 0.25) is 5.02 Å². The molecular weight excluding hydrogens is 487 g/mol. The van der Waals surface area contributed by atoms with Gasteiger partial charge in [-0.3, -0.25) is 0 Å². The highest BCUT2D eigenvalue weighted by Gasteiger charge is 2.20. The number of hydrogen-bond donors (Lipinski definition) is 0. The van der Waals surface area contributed by atoms with Gasteiger partial charge in [0.25, 0.3) is 0 Å². The van der Waals surface area contributed by atoms with Gasteiger partial charge in [-0.15, -0.1) is 0 Å². The smallest absolute Gasteiger partial charge is 0.133 e.